The Hall–Kier alpha value is -0.950. The summed E-state index contributed by atoms with van der Waals surface area (Å²) in [5.74, 6) is -0.569. The van der Waals surface area contributed by atoms with E-state index in [2.05, 4.69) is 42.6 Å². The molecule has 3 unspecified atom stereocenters. The van der Waals surface area contributed by atoms with E-state index in [1.54, 1.807) is 0 Å². The molecule has 0 aromatic carbocycles. The quantitative estimate of drug-likeness (QED) is 0.114. The van der Waals surface area contributed by atoms with Crippen molar-refractivity contribution < 1.29 is 57.1 Å². The van der Waals surface area contributed by atoms with Gasteiger partial charge in [-0.05, 0) is 58.8 Å². The number of hydrogen-bond acceptors (Lipinski definition) is 10. The Kier molecular flexibility index (Phi) is 15.1. The minimum absolute atomic E-state index is 0.131. The molecule has 222 valence electrons. The van der Waals surface area contributed by atoms with Crippen LogP contribution in [0.2, 0.25) is 0 Å². The molecule has 0 saturated carbocycles. The first-order valence-electron chi connectivity index (χ1n) is 12.4. The lowest BCUT2D eigenvalue weighted by molar-refractivity contribution is -0.247. The van der Waals surface area contributed by atoms with E-state index in [1.807, 2.05) is 6.92 Å². The summed E-state index contributed by atoms with van der Waals surface area (Å²) in [5.41, 5.74) is 2.57. The molecule has 1 aliphatic rings. The molecular weight excluding hydrogens is 544 g/mol. The highest BCUT2D eigenvalue weighted by atomic mass is 31.3. The number of nitrogens with one attached hydrogen (secondary N) is 1. The maximum absolute atomic E-state index is 12.4. The third-order valence-corrected chi connectivity index (χ3v) is 8.44. The number of amides is 1. The van der Waals surface area contributed by atoms with Crippen LogP contribution in [-0.2, 0) is 32.0 Å². The van der Waals surface area contributed by atoms with Gasteiger partial charge in [0.25, 0.3) is 0 Å². The first-order chi connectivity index (χ1) is 17.6. The Labute approximate surface area is 224 Å². The first-order valence-corrected chi connectivity index (χ1v) is 15.4. The van der Waals surface area contributed by atoms with Crippen LogP contribution in [0.4, 0.5) is 0 Å². The Morgan fingerprint density at radius 1 is 1.03 bits per heavy atom. The monoisotopic (exact) mass is 587 g/mol. The standard InChI is InChI=1S/C23H43NO12P2/c1-15(2)8-6-9-16(3)10-7-11-17(4)12-13-33-37(29,30)36-38(31,32)35-23-20(24-18(5)26)22(28)21(27)19(14-25)34-23/h8,10,17,19-23,25,27-28H,6-7,9,11-14H2,1-5H3,(H,24,26)(H,29,30)(H,31,32)/b16-10+/t17?,19-,20-,21-,22-,23+/m1/s1. The number of aliphatic hydroxyl groups excluding tert-OH is 3. The fraction of sp³-hybridized carbons (Fsp3) is 0.783. The molecule has 6 N–H and O–H groups in total. The SMILES string of the molecule is CC(=O)N[C@H]1[C@H](OP(=O)(O)OP(=O)(O)OCCC(C)CC/C=C(\C)CCC=C(C)C)O[C@H](CO)[C@@H](O)[C@@H]1O. The number of hydrogen-bond donors (Lipinski definition) is 6. The van der Waals surface area contributed by atoms with Crippen LogP contribution >= 0.6 is 15.6 Å². The second-order valence-corrected chi connectivity index (χ2v) is 12.7. The molecule has 38 heavy (non-hydrogen) atoms. The number of allylic oxidation sites excluding steroid dienone is 4. The van der Waals surface area contributed by atoms with Crippen LogP contribution in [0.25, 0.3) is 0 Å². The molecule has 1 fully saturated rings. The number of carbonyl (C=O) groups is 1. The lowest BCUT2D eigenvalue weighted by atomic mass is 9.97. The second-order valence-electron chi connectivity index (χ2n) is 9.73. The number of phosphoric acid groups is 2. The highest BCUT2D eigenvalue weighted by Gasteiger charge is 2.49. The lowest BCUT2D eigenvalue weighted by Gasteiger charge is -2.42. The summed E-state index contributed by atoms with van der Waals surface area (Å²) in [5, 5.41) is 31.7. The average Bonchev–Trinajstić information content (AvgIpc) is 2.77. The fourth-order valence-electron chi connectivity index (χ4n) is 3.68. The predicted molar refractivity (Wildman–Crippen MR) is 139 cm³/mol. The Bertz CT molecular complexity index is 907. The van der Waals surface area contributed by atoms with Crippen molar-refractivity contribution in [3.05, 3.63) is 23.3 Å². The van der Waals surface area contributed by atoms with Gasteiger partial charge in [-0.25, -0.2) is 9.13 Å². The highest BCUT2D eigenvalue weighted by Crippen LogP contribution is 2.61. The van der Waals surface area contributed by atoms with Crippen LogP contribution in [0.1, 0.15) is 66.7 Å². The van der Waals surface area contributed by atoms with E-state index in [0.717, 1.165) is 32.6 Å². The summed E-state index contributed by atoms with van der Waals surface area (Å²) >= 11 is 0. The molecule has 1 heterocycles. The predicted octanol–water partition coefficient (Wildman–Crippen LogP) is 2.68. The topological polar surface area (TPSA) is 201 Å². The zero-order valence-electron chi connectivity index (χ0n) is 22.6. The van der Waals surface area contributed by atoms with Crippen molar-refractivity contribution >= 4 is 21.6 Å². The normalized spacial score (nSPS) is 28.2. The average molecular weight is 588 g/mol. The third-order valence-electron chi connectivity index (χ3n) is 5.80. The van der Waals surface area contributed by atoms with Gasteiger partial charge in [0.05, 0.1) is 13.2 Å². The second kappa shape index (κ2) is 16.3. The number of aliphatic hydroxyl groups is 3. The zero-order valence-corrected chi connectivity index (χ0v) is 24.3. The minimum Gasteiger partial charge on any atom is -0.394 e. The fourth-order valence-corrected chi connectivity index (χ4v) is 5.85. The van der Waals surface area contributed by atoms with Crippen molar-refractivity contribution in [1.29, 1.82) is 0 Å². The molecule has 15 heteroatoms. The molecule has 1 amide bonds. The number of rotatable bonds is 16. The van der Waals surface area contributed by atoms with Crippen LogP contribution in [0.15, 0.2) is 23.3 Å². The molecule has 0 aromatic rings. The van der Waals surface area contributed by atoms with Crippen molar-refractivity contribution in [3.63, 3.8) is 0 Å². The van der Waals surface area contributed by atoms with Crippen molar-refractivity contribution in [2.75, 3.05) is 13.2 Å². The summed E-state index contributed by atoms with van der Waals surface area (Å²) < 4.78 is 43.7. The van der Waals surface area contributed by atoms with Crippen molar-refractivity contribution in [2.24, 2.45) is 5.92 Å². The maximum Gasteiger partial charge on any atom is 0.483 e. The lowest BCUT2D eigenvalue weighted by Crippen LogP contribution is -2.64. The molecule has 1 rings (SSSR count). The minimum atomic E-state index is -5.36. The van der Waals surface area contributed by atoms with Gasteiger partial charge in [0.15, 0.2) is 6.29 Å². The summed E-state index contributed by atoms with van der Waals surface area (Å²) in [7, 11) is -10.4. The van der Waals surface area contributed by atoms with E-state index in [9.17, 15) is 39.0 Å². The summed E-state index contributed by atoms with van der Waals surface area (Å²) in [4.78, 5) is 31.4. The van der Waals surface area contributed by atoms with Crippen LogP contribution in [0.5, 0.6) is 0 Å². The molecule has 0 aromatic heterocycles. The maximum atomic E-state index is 12.4. The van der Waals surface area contributed by atoms with E-state index < -0.39 is 58.8 Å². The van der Waals surface area contributed by atoms with Crippen LogP contribution in [0, 0.1) is 5.92 Å². The van der Waals surface area contributed by atoms with Gasteiger partial charge in [0.1, 0.15) is 24.4 Å². The third kappa shape index (κ3) is 13.4. The van der Waals surface area contributed by atoms with Gasteiger partial charge in [0.2, 0.25) is 5.91 Å². The van der Waals surface area contributed by atoms with Gasteiger partial charge in [-0.3, -0.25) is 13.8 Å². The van der Waals surface area contributed by atoms with Crippen LogP contribution < -0.4 is 5.32 Å². The summed E-state index contributed by atoms with van der Waals surface area (Å²) in [6.45, 7) is 8.18. The largest absolute Gasteiger partial charge is 0.483 e. The van der Waals surface area contributed by atoms with Crippen molar-refractivity contribution in [3.8, 4) is 0 Å². The van der Waals surface area contributed by atoms with Gasteiger partial charge in [-0.2, -0.15) is 4.31 Å². The molecule has 0 aliphatic carbocycles. The smallest absolute Gasteiger partial charge is 0.394 e. The molecule has 8 atom stereocenters. The van der Waals surface area contributed by atoms with E-state index in [0.29, 0.717) is 6.42 Å². The summed E-state index contributed by atoms with van der Waals surface area (Å²) in [6.07, 6.45) is 1.58. The molecule has 0 spiro atoms. The van der Waals surface area contributed by atoms with E-state index in [-0.39, 0.29) is 12.5 Å². The van der Waals surface area contributed by atoms with Gasteiger partial charge >= 0.3 is 15.6 Å². The first kappa shape index (κ1) is 35.1. The molecule has 1 aliphatic heterocycles. The number of ether oxygens (including phenoxy) is 1. The molecule has 0 bridgehead atoms. The molecule has 13 nitrogen and oxygen atoms in total. The molecule has 1 saturated heterocycles. The summed E-state index contributed by atoms with van der Waals surface area (Å²) in [6, 6.07) is -1.56. The van der Waals surface area contributed by atoms with E-state index in [1.165, 1.54) is 11.1 Å². The Morgan fingerprint density at radius 2 is 1.68 bits per heavy atom. The Morgan fingerprint density at radius 3 is 2.26 bits per heavy atom. The van der Waals surface area contributed by atoms with Crippen molar-refractivity contribution in [2.45, 2.75) is 97.4 Å². The van der Waals surface area contributed by atoms with Crippen molar-refractivity contribution in [1.82, 2.24) is 5.32 Å². The van der Waals surface area contributed by atoms with E-state index in [4.69, 9.17) is 13.8 Å². The number of phosphoric ester groups is 2. The van der Waals surface area contributed by atoms with E-state index >= 15 is 0 Å². The highest BCUT2D eigenvalue weighted by molar-refractivity contribution is 7.61. The molecular formula is C23H43NO12P2. The van der Waals surface area contributed by atoms with Crippen LogP contribution in [0.3, 0.4) is 0 Å². The van der Waals surface area contributed by atoms with Crippen LogP contribution in [-0.4, -0.2) is 74.9 Å². The van der Waals surface area contributed by atoms with Gasteiger partial charge in [-0.15, -0.1) is 0 Å². The number of carbonyl (C=O) groups excluding carboxylic acids is 1. The zero-order chi connectivity index (χ0) is 29.1. The van der Waals surface area contributed by atoms with Gasteiger partial charge < -0.3 is 35.2 Å². The Balaban J connectivity index is 2.59. The van der Waals surface area contributed by atoms with Gasteiger partial charge in [-0.1, -0.05) is 30.2 Å². The van der Waals surface area contributed by atoms with Gasteiger partial charge in [0, 0.05) is 6.92 Å². The molecule has 0 radical (unpaired) electrons.